The first kappa shape index (κ1) is 9.22. The van der Waals surface area contributed by atoms with Gasteiger partial charge in [-0.15, -0.1) is 11.3 Å². The van der Waals surface area contributed by atoms with Crippen LogP contribution in [0.15, 0.2) is 11.4 Å². The lowest BCUT2D eigenvalue weighted by Gasteiger charge is -2.33. The van der Waals surface area contributed by atoms with Crippen molar-refractivity contribution in [1.82, 2.24) is 5.32 Å². The minimum atomic E-state index is 0.786. The number of rotatable bonds is 3. The summed E-state index contributed by atoms with van der Waals surface area (Å²) in [6.45, 7) is 5.59. The molecule has 0 atom stereocenters. The van der Waals surface area contributed by atoms with Gasteiger partial charge in [0.1, 0.15) is 0 Å². The molecule has 1 aliphatic carbocycles. The van der Waals surface area contributed by atoms with Crippen LogP contribution in [0.4, 0.5) is 0 Å². The van der Waals surface area contributed by atoms with Gasteiger partial charge in [0.25, 0.3) is 0 Å². The van der Waals surface area contributed by atoms with Gasteiger partial charge < -0.3 is 5.32 Å². The van der Waals surface area contributed by atoms with Crippen molar-refractivity contribution in [3.05, 3.63) is 21.9 Å². The van der Waals surface area contributed by atoms with Gasteiger partial charge in [0, 0.05) is 17.5 Å². The Balaban J connectivity index is 1.77. The Hall–Kier alpha value is -0.340. The predicted molar refractivity (Wildman–Crippen MR) is 58.1 cm³/mol. The van der Waals surface area contributed by atoms with Gasteiger partial charge in [-0.2, -0.15) is 0 Å². The maximum Gasteiger partial charge on any atom is 0.0219 e. The van der Waals surface area contributed by atoms with Crippen molar-refractivity contribution in [3.63, 3.8) is 0 Å². The Kier molecular flexibility index (Phi) is 2.70. The first-order valence-corrected chi connectivity index (χ1v) is 5.90. The molecule has 0 bridgehead atoms. The molecular formula is C11H17NS. The first-order valence-electron chi connectivity index (χ1n) is 5.02. The van der Waals surface area contributed by atoms with Gasteiger partial charge in [0.2, 0.25) is 0 Å². The van der Waals surface area contributed by atoms with E-state index in [0.29, 0.717) is 0 Å². The molecule has 2 rings (SSSR count). The summed E-state index contributed by atoms with van der Waals surface area (Å²) in [6, 6.07) is 3.02. The van der Waals surface area contributed by atoms with Crippen molar-refractivity contribution in [3.8, 4) is 0 Å². The molecule has 0 amide bonds. The number of hydrogen-bond acceptors (Lipinski definition) is 2. The summed E-state index contributed by atoms with van der Waals surface area (Å²) in [6.07, 6.45) is 2.73. The molecule has 0 aromatic carbocycles. The molecule has 1 nitrogen and oxygen atoms in total. The van der Waals surface area contributed by atoms with Crippen LogP contribution in [0, 0.1) is 12.8 Å². The van der Waals surface area contributed by atoms with Crippen LogP contribution in [0.5, 0.6) is 0 Å². The van der Waals surface area contributed by atoms with Crippen LogP contribution in [-0.4, -0.2) is 6.04 Å². The van der Waals surface area contributed by atoms with E-state index in [9.17, 15) is 0 Å². The van der Waals surface area contributed by atoms with Crippen molar-refractivity contribution in [2.24, 2.45) is 5.92 Å². The number of aryl methyl sites for hydroxylation is 1. The van der Waals surface area contributed by atoms with E-state index >= 15 is 0 Å². The summed E-state index contributed by atoms with van der Waals surface area (Å²) in [5, 5.41) is 5.78. The van der Waals surface area contributed by atoms with Crippen LogP contribution in [0.3, 0.4) is 0 Å². The van der Waals surface area contributed by atoms with Gasteiger partial charge >= 0.3 is 0 Å². The zero-order valence-electron chi connectivity index (χ0n) is 8.34. The Bertz CT molecular complexity index is 273. The molecule has 1 fully saturated rings. The summed E-state index contributed by atoms with van der Waals surface area (Å²) in [5.74, 6) is 0.945. The molecule has 0 saturated heterocycles. The molecule has 1 aromatic heterocycles. The minimum absolute atomic E-state index is 0.786. The molecule has 1 saturated carbocycles. The van der Waals surface area contributed by atoms with Gasteiger partial charge in [-0.3, -0.25) is 0 Å². The maximum atomic E-state index is 3.60. The fraction of sp³-hybridized carbons (Fsp3) is 0.636. The third kappa shape index (κ3) is 2.12. The van der Waals surface area contributed by atoms with E-state index < -0.39 is 0 Å². The van der Waals surface area contributed by atoms with E-state index in [4.69, 9.17) is 0 Å². The minimum Gasteiger partial charge on any atom is -0.310 e. The second-order valence-corrected chi connectivity index (χ2v) is 5.28. The molecule has 0 spiro atoms. The van der Waals surface area contributed by atoms with E-state index in [0.717, 1.165) is 18.5 Å². The Labute approximate surface area is 84.2 Å². The summed E-state index contributed by atoms with van der Waals surface area (Å²) in [7, 11) is 0. The van der Waals surface area contributed by atoms with Crippen molar-refractivity contribution >= 4 is 11.3 Å². The molecule has 1 aromatic rings. The first-order chi connectivity index (χ1) is 6.25. The predicted octanol–water partition coefficient (Wildman–Crippen LogP) is 2.94. The molecule has 1 aliphatic rings. The average molecular weight is 195 g/mol. The topological polar surface area (TPSA) is 12.0 Å². The largest absolute Gasteiger partial charge is 0.310 e. The van der Waals surface area contributed by atoms with E-state index in [1.54, 1.807) is 0 Å². The summed E-state index contributed by atoms with van der Waals surface area (Å²) >= 11 is 1.84. The lowest BCUT2D eigenvalue weighted by atomic mass is 9.82. The van der Waals surface area contributed by atoms with Crippen LogP contribution in [-0.2, 0) is 6.54 Å². The molecule has 0 aliphatic heterocycles. The second-order valence-electron chi connectivity index (χ2n) is 4.16. The van der Waals surface area contributed by atoms with Crippen LogP contribution >= 0.6 is 11.3 Å². The lowest BCUT2D eigenvalue weighted by molar-refractivity contribution is 0.240. The summed E-state index contributed by atoms with van der Waals surface area (Å²) in [4.78, 5) is 1.46. The van der Waals surface area contributed by atoms with Gasteiger partial charge in [-0.1, -0.05) is 6.92 Å². The van der Waals surface area contributed by atoms with E-state index in [1.807, 2.05) is 11.3 Å². The van der Waals surface area contributed by atoms with E-state index in [2.05, 4.69) is 30.6 Å². The van der Waals surface area contributed by atoms with Gasteiger partial charge in [-0.05, 0) is 42.7 Å². The van der Waals surface area contributed by atoms with Crippen LogP contribution in [0.1, 0.15) is 30.2 Å². The molecule has 2 heteroatoms. The smallest absolute Gasteiger partial charge is 0.0219 e. The molecule has 13 heavy (non-hydrogen) atoms. The third-order valence-electron chi connectivity index (χ3n) is 2.92. The van der Waals surface area contributed by atoms with Gasteiger partial charge in [0.05, 0.1) is 0 Å². The Morgan fingerprint density at radius 1 is 1.54 bits per heavy atom. The van der Waals surface area contributed by atoms with Crippen LogP contribution in [0.25, 0.3) is 0 Å². The molecule has 0 unspecified atom stereocenters. The van der Waals surface area contributed by atoms with E-state index in [-0.39, 0.29) is 0 Å². The fourth-order valence-corrected chi connectivity index (χ4v) is 2.65. The molecular weight excluding hydrogens is 178 g/mol. The Morgan fingerprint density at radius 3 is 2.85 bits per heavy atom. The van der Waals surface area contributed by atoms with Crippen LogP contribution < -0.4 is 5.32 Å². The van der Waals surface area contributed by atoms with Crippen LogP contribution in [0.2, 0.25) is 0 Å². The molecule has 1 N–H and O–H groups in total. The second kappa shape index (κ2) is 3.81. The Morgan fingerprint density at radius 2 is 2.31 bits per heavy atom. The highest BCUT2D eigenvalue weighted by Crippen LogP contribution is 2.26. The number of hydrogen-bond donors (Lipinski definition) is 1. The van der Waals surface area contributed by atoms with Crippen molar-refractivity contribution in [2.75, 3.05) is 0 Å². The maximum absolute atomic E-state index is 3.60. The fourth-order valence-electron chi connectivity index (χ4n) is 1.92. The number of nitrogens with one attached hydrogen (secondary N) is 1. The van der Waals surface area contributed by atoms with E-state index in [1.165, 1.54) is 23.3 Å². The average Bonchev–Trinajstić information content (AvgIpc) is 2.43. The molecule has 0 radical (unpaired) electrons. The van der Waals surface area contributed by atoms with Crippen molar-refractivity contribution < 1.29 is 0 Å². The summed E-state index contributed by atoms with van der Waals surface area (Å²) < 4.78 is 0. The number of thiophene rings is 1. The molecule has 1 heterocycles. The SMILES string of the molecule is Cc1sccc1CNC1CC(C)C1. The highest BCUT2D eigenvalue weighted by molar-refractivity contribution is 7.10. The zero-order valence-corrected chi connectivity index (χ0v) is 9.16. The normalized spacial score (nSPS) is 27.2. The van der Waals surface area contributed by atoms with Crippen molar-refractivity contribution in [2.45, 2.75) is 39.3 Å². The van der Waals surface area contributed by atoms with Gasteiger partial charge in [-0.25, -0.2) is 0 Å². The quantitative estimate of drug-likeness (QED) is 0.782. The highest BCUT2D eigenvalue weighted by atomic mass is 32.1. The lowest BCUT2D eigenvalue weighted by Crippen LogP contribution is -2.39. The van der Waals surface area contributed by atoms with Gasteiger partial charge in [0.15, 0.2) is 0 Å². The zero-order chi connectivity index (χ0) is 9.26. The third-order valence-corrected chi connectivity index (χ3v) is 3.81. The van der Waals surface area contributed by atoms with Crippen molar-refractivity contribution in [1.29, 1.82) is 0 Å². The standard InChI is InChI=1S/C11H17NS/c1-8-5-11(6-8)12-7-10-3-4-13-9(10)2/h3-4,8,11-12H,5-7H2,1-2H3. The summed E-state index contributed by atoms with van der Waals surface area (Å²) in [5.41, 5.74) is 1.48. The molecule has 72 valence electrons. The highest BCUT2D eigenvalue weighted by Gasteiger charge is 2.24. The monoisotopic (exact) mass is 195 g/mol.